The minimum absolute atomic E-state index is 0.610. The Morgan fingerprint density at radius 2 is 2.00 bits per heavy atom. The van der Waals surface area contributed by atoms with E-state index in [4.69, 9.17) is 23.2 Å². The molecule has 0 saturated heterocycles. The van der Waals surface area contributed by atoms with Crippen LogP contribution in [0.2, 0.25) is 10.0 Å². The van der Waals surface area contributed by atoms with Crippen LogP contribution in [0, 0.1) is 0 Å². The predicted octanol–water partition coefficient (Wildman–Crippen LogP) is 4.49. The standard InChI is InChI=1S/C13H12Cl2N2/c1-2-16-10-5-6-17-13(8-10)11-4-3-9(14)7-12(11)15/h3-8H,2H2,1H3,(H,16,17). The van der Waals surface area contributed by atoms with Gasteiger partial charge in [-0.15, -0.1) is 0 Å². The van der Waals surface area contributed by atoms with Gasteiger partial charge in [0.2, 0.25) is 0 Å². The molecule has 0 aliphatic carbocycles. The van der Waals surface area contributed by atoms with Crippen molar-refractivity contribution in [1.29, 1.82) is 0 Å². The summed E-state index contributed by atoms with van der Waals surface area (Å²) >= 11 is 12.0. The van der Waals surface area contributed by atoms with E-state index in [1.807, 2.05) is 24.3 Å². The van der Waals surface area contributed by atoms with Crippen LogP contribution in [0.15, 0.2) is 36.5 Å². The van der Waals surface area contributed by atoms with Gasteiger partial charge in [-0.05, 0) is 37.3 Å². The monoisotopic (exact) mass is 266 g/mol. The van der Waals surface area contributed by atoms with Gasteiger partial charge in [0.15, 0.2) is 0 Å². The van der Waals surface area contributed by atoms with Crippen LogP contribution in [0.4, 0.5) is 5.69 Å². The fourth-order valence-corrected chi connectivity index (χ4v) is 2.09. The van der Waals surface area contributed by atoms with Crippen LogP contribution in [0.1, 0.15) is 6.92 Å². The zero-order chi connectivity index (χ0) is 12.3. The summed E-state index contributed by atoms with van der Waals surface area (Å²) < 4.78 is 0. The van der Waals surface area contributed by atoms with Crippen LogP contribution in [0.3, 0.4) is 0 Å². The molecule has 0 atom stereocenters. The molecule has 2 aromatic rings. The van der Waals surface area contributed by atoms with Crippen molar-refractivity contribution in [2.24, 2.45) is 0 Å². The molecule has 2 nitrogen and oxygen atoms in total. The van der Waals surface area contributed by atoms with Crippen molar-refractivity contribution in [2.75, 3.05) is 11.9 Å². The van der Waals surface area contributed by atoms with E-state index in [-0.39, 0.29) is 0 Å². The van der Waals surface area contributed by atoms with Gasteiger partial charge < -0.3 is 5.32 Å². The first-order valence-electron chi connectivity index (χ1n) is 5.36. The second kappa shape index (κ2) is 5.39. The zero-order valence-electron chi connectivity index (χ0n) is 9.37. The van der Waals surface area contributed by atoms with Gasteiger partial charge in [0, 0.05) is 29.0 Å². The lowest BCUT2D eigenvalue weighted by Crippen LogP contribution is -1.97. The maximum atomic E-state index is 6.15. The van der Waals surface area contributed by atoms with Crippen LogP contribution < -0.4 is 5.32 Å². The molecule has 2 rings (SSSR count). The van der Waals surface area contributed by atoms with Crippen molar-refractivity contribution in [2.45, 2.75) is 6.92 Å². The third-order valence-corrected chi connectivity index (χ3v) is 2.90. The first kappa shape index (κ1) is 12.2. The molecule has 0 aliphatic rings. The number of pyridine rings is 1. The Labute approximate surface area is 111 Å². The zero-order valence-corrected chi connectivity index (χ0v) is 10.9. The Bertz CT molecular complexity index is 527. The van der Waals surface area contributed by atoms with Gasteiger partial charge in [-0.3, -0.25) is 4.98 Å². The molecule has 0 radical (unpaired) electrons. The molecule has 0 fully saturated rings. The Morgan fingerprint density at radius 3 is 2.71 bits per heavy atom. The Balaban J connectivity index is 2.42. The number of benzene rings is 1. The lowest BCUT2D eigenvalue weighted by atomic mass is 10.1. The number of aromatic nitrogens is 1. The van der Waals surface area contributed by atoms with Crippen LogP contribution >= 0.6 is 23.2 Å². The molecule has 4 heteroatoms. The summed E-state index contributed by atoms with van der Waals surface area (Å²) in [6, 6.07) is 9.31. The number of hydrogen-bond donors (Lipinski definition) is 1. The number of hydrogen-bond acceptors (Lipinski definition) is 2. The highest BCUT2D eigenvalue weighted by Gasteiger charge is 2.06. The van der Waals surface area contributed by atoms with Crippen molar-refractivity contribution < 1.29 is 0 Å². The lowest BCUT2D eigenvalue weighted by Gasteiger charge is -2.07. The van der Waals surface area contributed by atoms with Gasteiger partial charge in [-0.2, -0.15) is 0 Å². The minimum atomic E-state index is 0.610. The summed E-state index contributed by atoms with van der Waals surface area (Å²) in [5.41, 5.74) is 2.75. The number of halogens is 2. The van der Waals surface area contributed by atoms with E-state index in [1.165, 1.54) is 0 Å². The molecular formula is C13H12Cl2N2. The average molecular weight is 267 g/mol. The van der Waals surface area contributed by atoms with Crippen molar-refractivity contribution >= 4 is 28.9 Å². The molecule has 88 valence electrons. The largest absolute Gasteiger partial charge is 0.385 e. The molecule has 0 saturated carbocycles. The van der Waals surface area contributed by atoms with Crippen molar-refractivity contribution in [1.82, 2.24) is 4.98 Å². The smallest absolute Gasteiger partial charge is 0.0737 e. The van der Waals surface area contributed by atoms with Gasteiger partial charge in [0.25, 0.3) is 0 Å². The molecule has 0 spiro atoms. The van der Waals surface area contributed by atoms with Crippen LogP contribution in [-0.4, -0.2) is 11.5 Å². The summed E-state index contributed by atoms with van der Waals surface area (Å²) in [4.78, 5) is 4.31. The van der Waals surface area contributed by atoms with E-state index < -0.39 is 0 Å². The summed E-state index contributed by atoms with van der Waals surface area (Å²) in [6.45, 7) is 2.92. The highest BCUT2D eigenvalue weighted by Crippen LogP contribution is 2.29. The van der Waals surface area contributed by atoms with E-state index in [1.54, 1.807) is 12.3 Å². The number of nitrogens with one attached hydrogen (secondary N) is 1. The third kappa shape index (κ3) is 2.90. The number of rotatable bonds is 3. The van der Waals surface area contributed by atoms with Crippen molar-refractivity contribution in [3.8, 4) is 11.3 Å². The van der Waals surface area contributed by atoms with Gasteiger partial charge >= 0.3 is 0 Å². The fourth-order valence-electron chi connectivity index (χ4n) is 1.59. The summed E-state index contributed by atoms with van der Waals surface area (Å²) in [5.74, 6) is 0. The Kier molecular flexibility index (Phi) is 3.87. The van der Waals surface area contributed by atoms with E-state index >= 15 is 0 Å². The molecule has 17 heavy (non-hydrogen) atoms. The van der Waals surface area contributed by atoms with Gasteiger partial charge in [-0.1, -0.05) is 23.2 Å². The van der Waals surface area contributed by atoms with Crippen LogP contribution in [0.25, 0.3) is 11.3 Å². The Hall–Kier alpha value is -1.25. The van der Waals surface area contributed by atoms with Gasteiger partial charge in [0.1, 0.15) is 0 Å². The van der Waals surface area contributed by atoms with Crippen molar-refractivity contribution in [3.63, 3.8) is 0 Å². The maximum Gasteiger partial charge on any atom is 0.0737 e. The number of anilines is 1. The molecule has 1 aromatic carbocycles. The summed E-state index contributed by atoms with van der Waals surface area (Å²) in [6.07, 6.45) is 1.76. The van der Waals surface area contributed by atoms with E-state index in [0.717, 1.165) is 23.5 Å². The van der Waals surface area contributed by atoms with Crippen molar-refractivity contribution in [3.05, 3.63) is 46.6 Å². The highest BCUT2D eigenvalue weighted by molar-refractivity contribution is 6.36. The van der Waals surface area contributed by atoms with E-state index in [9.17, 15) is 0 Å². The quantitative estimate of drug-likeness (QED) is 0.886. The van der Waals surface area contributed by atoms with Gasteiger partial charge in [-0.25, -0.2) is 0 Å². The predicted molar refractivity (Wildman–Crippen MR) is 73.9 cm³/mol. The van der Waals surface area contributed by atoms with E-state index in [2.05, 4.69) is 17.2 Å². The highest BCUT2D eigenvalue weighted by atomic mass is 35.5. The first-order chi connectivity index (χ1) is 8.20. The number of nitrogens with zero attached hydrogens (tertiary/aromatic N) is 1. The maximum absolute atomic E-state index is 6.15. The Morgan fingerprint density at radius 1 is 1.18 bits per heavy atom. The second-order valence-electron chi connectivity index (χ2n) is 3.58. The molecular weight excluding hydrogens is 255 g/mol. The normalized spacial score (nSPS) is 10.3. The summed E-state index contributed by atoms with van der Waals surface area (Å²) in [7, 11) is 0. The second-order valence-corrected chi connectivity index (χ2v) is 4.43. The third-order valence-electron chi connectivity index (χ3n) is 2.35. The molecule has 0 amide bonds. The van der Waals surface area contributed by atoms with E-state index in [0.29, 0.717) is 10.0 Å². The topological polar surface area (TPSA) is 24.9 Å². The first-order valence-corrected chi connectivity index (χ1v) is 6.11. The molecule has 1 heterocycles. The molecule has 0 unspecified atom stereocenters. The van der Waals surface area contributed by atoms with Crippen LogP contribution in [0.5, 0.6) is 0 Å². The average Bonchev–Trinajstić information content (AvgIpc) is 2.29. The molecule has 0 bridgehead atoms. The lowest BCUT2D eigenvalue weighted by molar-refractivity contribution is 1.20. The molecule has 1 aromatic heterocycles. The molecule has 0 aliphatic heterocycles. The SMILES string of the molecule is CCNc1ccnc(-c2ccc(Cl)cc2Cl)c1. The van der Waals surface area contributed by atoms with Gasteiger partial charge in [0.05, 0.1) is 10.7 Å². The van der Waals surface area contributed by atoms with Crippen LogP contribution in [-0.2, 0) is 0 Å². The molecule has 1 N–H and O–H groups in total. The fraction of sp³-hybridized carbons (Fsp3) is 0.154. The minimum Gasteiger partial charge on any atom is -0.385 e. The summed E-state index contributed by atoms with van der Waals surface area (Å²) in [5, 5.41) is 4.48.